The lowest BCUT2D eigenvalue weighted by Crippen LogP contribution is -2.44. The number of aryl methyl sites for hydroxylation is 1. The molecule has 7 heteroatoms. The van der Waals surface area contributed by atoms with E-state index in [1.54, 1.807) is 4.90 Å². The summed E-state index contributed by atoms with van der Waals surface area (Å²) >= 11 is 1.38. The molecule has 0 unspecified atom stereocenters. The Kier molecular flexibility index (Phi) is 3.90. The maximum absolute atomic E-state index is 12.0. The van der Waals surface area contributed by atoms with Gasteiger partial charge in [-0.05, 0) is 32.2 Å². The first-order valence-electron chi connectivity index (χ1n) is 5.75. The predicted molar refractivity (Wildman–Crippen MR) is 67.0 cm³/mol. The first-order valence-corrected chi connectivity index (χ1v) is 6.57. The molecule has 1 saturated heterocycles. The van der Waals surface area contributed by atoms with Crippen molar-refractivity contribution >= 4 is 22.5 Å². The molecule has 17 heavy (non-hydrogen) atoms. The van der Waals surface area contributed by atoms with Gasteiger partial charge in [-0.1, -0.05) is 11.3 Å². The fourth-order valence-corrected chi connectivity index (χ4v) is 2.54. The monoisotopic (exact) mass is 255 g/mol. The Balaban J connectivity index is 1.91. The molecule has 2 amide bonds. The van der Waals surface area contributed by atoms with Gasteiger partial charge in [0.05, 0.1) is 0 Å². The van der Waals surface area contributed by atoms with Crippen LogP contribution in [-0.4, -0.2) is 40.8 Å². The third-order valence-electron chi connectivity index (χ3n) is 2.88. The maximum atomic E-state index is 12.0. The Bertz CT molecular complexity index is 394. The van der Waals surface area contributed by atoms with Crippen LogP contribution in [0.15, 0.2) is 0 Å². The van der Waals surface area contributed by atoms with Crippen molar-refractivity contribution in [1.29, 1.82) is 0 Å². The lowest BCUT2D eigenvalue weighted by molar-refractivity contribution is 0.179. The van der Waals surface area contributed by atoms with E-state index in [1.165, 1.54) is 11.3 Å². The minimum absolute atomic E-state index is 0.0979. The van der Waals surface area contributed by atoms with E-state index in [1.807, 2.05) is 6.92 Å². The molecule has 1 aliphatic heterocycles. The molecule has 2 heterocycles. The first-order chi connectivity index (χ1) is 8.19. The summed E-state index contributed by atoms with van der Waals surface area (Å²) in [5, 5.41) is 11.9. The summed E-state index contributed by atoms with van der Waals surface area (Å²) in [6.07, 6.45) is 2.13. The number of anilines is 1. The van der Waals surface area contributed by atoms with Gasteiger partial charge in [-0.3, -0.25) is 5.32 Å². The molecule has 0 aliphatic carbocycles. The number of amides is 2. The predicted octanol–water partition coefficient (Wildman–Crippen LogP) is 1.05. The molecule has 0 radical (unpaired) electrons. The van der Waals surface area contributed by atoms with Crippen LogP contribution in [0, 0.1) is 12.8 Å². The van der Waals surface area contributed by atoms with E-state index in [-0.39, 0.29) is 6.03 Å². The smallest absolute Gasteiger partial charge is 0.323 e. The number of nitrogens with one attached hydrogen (secondary N) is 1. The molecule has 1 aromatic rings. The van der Waals surface area contributed by atoms with E-state index < -0.39 is 0 Å². The molecule has 1 atom stereocenters. The van der Waals surface area contributed by atoms with Crippen LogP contribution in [0.25, 0.3) is 0 Å². The number of hydrogen-bond acceptors (Lipinski definition) is 5. The number of urea groups is 1. The van der Waals surface area contributed by atoms with E-state index >= 15 is 0 Å². The van der Waals surface area contributed by atoms with Crippen molar-refractivity contribution in [3.8, 4) is 0 Å². The number of carbonyl (C=O) groups excluding carboxylic acids is 1. The summed E-state index contributed by atoms with van der Waals surface area (Å²) in [5.74, 6) is 0.422. The number of nitrogens with zero attached hydrogens (tertiary/aromatic N) is 3. The van der Waals surface area contributed by atoms with Crippen LogP contribution in [-0.2, 0) is 0 Å². The molecule has 1 aromatic heterocycles. The molecule has 0 bridgehead atoms. The molecule has 0 saturated carbocycles. The van der Waals surface area contributed by atoms with E-state index in [2.05, 4.69) is 15.5 Å². The van der Waals surface area contributed by atoms with Gasteiger partial charge in [0, 0.05) is 13.1 Å². The van der Waals surface area contributed by atoms with Gasteiger partial charge >= 0.3 is 6.03 Å². The third-order valence-corrected chi connectivity index (χ3v) is 3.63. The van der Waals surface area contributed by atoms with Crippen molar-refractivity contribution in [1.82, 2.24) is 15.1 Å². The summed E-state index contributed by atoms with van der Waals surface area (Å²) in [5.41, 5.74) is 5.64. The maximum Gasteiger partial charge on any atom is 0.323 e. The number of nitrogens with two attached hydrogens (primary N) is 1. The van der Waals surface area contributed by atoms with Gasteiger partial charge in [0.15, 0.2) is 0 Å². The van der Waals surface area contributed by atoms with Crippen LogP contribution < -0.4 is 11.1 Å². The van der Waals surface area contributed by atoms with Crippen molar-refractivity contribution in [2.24, 2.45) is 11.7 Å². The number of piperidine rings is 1. The summed E-state index contributed by atoms with van der Waals surface area (Å²) in [6, 6.07) is -0.0979. The minimum atomic E-state index is -0.0979. The molecule has 94 valence electrons. The fraction of sp³-hybridized carbons (Fsp3) is 0.700. The molecule has 6 nitrogen and oxygen atoms in total. The molecule has 3 N–H and O–H groups in total. The normalized spacial score (nSPS) is 20.4. The van der Waals surface area contributed by atoms with Crippen molar-refractivity contribution in [2.45, 2.75) is 19.8 Å². The molecular formula is C10H17N5OS. The van der Waals surface area contributed by atoms with Crippen LogP contribution in [0.4, 0.5) is 9.93 Å². The zero-order valence-electron chi connectivity index (χ0n) is 9.85. The highest BCUT2D eigenvalue weighted by Gasteiger charge is 2.23. The highest BCUT2D eigenvalue weighted by Crippen LogP contribution is 2.18. The van der Waals surface area contributed by atoms with Gasteiger partial charge in [-0.15, -0.1) is 10.2 Å². The van der Waals surface area contributed by atoms with E-state index in [0.29, 0.717) is 17.6 Å². The highest BCUT2D eigenvalue weighted by molar-refractivity contribution is 7.15. The average Bonchev–Trinajstić information content (AvgIpc) is 2.75. The summed E-state index contributed by atoms with van der Waals surface area (Å²) in [6.45, 7) is 4.03. The van der Waals surface area contributed by atoms with Gasteiger partial charge in [-0.2, -0.15) is 0 Å². The molecule has 2 rings (SSSR count). The minimum Gasteiger partial charge on any atom is -0.330 e. The number of aromatic nitrogens is 2. The topological polar surface area (TPSA) is 84.1 Å². The Morgan fingerprint density at radius 3 is 3.12 bits per heavy atom. The number of likely N-dealkylation sites (tertiary alicyclic amines) is 1. The van der Waals surface area contributed by atoms with Gasteiger partial charge in [-0.25, -0.2) is 4.79 Å². The second kappa shape index (κ2) is 5.42. The standard InChI is InChI=1S/C10H17N5OS/c1-7-13-14-9(17-7)12-10(16)15-4-2-3-8(5-11)6-15/h8H,2-6,11H2,1H3,(H,12,14,16)/t8-/m1/s1. The average molecular weight is 255 g/mol. The van der Waals surface area contributed by atoms with Gasteiger partial charge in [0.2, 0.25) is 5.13 Å². The quantitative estimate of drug-likeness (QED) is 0.827. The number of carbonyl (C=O) groups is 1. The molecule has 1 aliphatic rings. The third kappa shape index (κ3) is 3.13. The van der Waals surface area contributed by atoms with Gasteiger partial charge in [0.1, 0.15) is 5.01 Å². The van der Waals surface area contributed by atoms with Crippen molar-refractivity contribution < 1.29 is 4.79 Å². The second-order valence-electron chi connectivity index (χ2n) is 4.25. The number of rotatable bonds is 2. The Hall–Kier alpha value is -1.21. The SMILES string of the molecule is Cc1nnc(NC(=O)N2CCC[C@H](CN)C2)s1. The highest BCUT2D eigenvalue weighted by atomic mass is 32.1. The number of hydrogen-bond donors (Lipinski definition) is 2. The lowest BCUT2D eigenvalue weighted by atomic mass is 9.99. The summed E-state index contributed by atoms with van der Waals surface area (Å²) in [4.78, 5) is 13.8. The largest absolute Gasteiger partial charge is 0.330 e. The molecule has 0 aromatic carbocycles. The summed E-state index contributed by atoms with van der Waals surface area (Å²) < 4.78 is 0. The van der Waals surface area contributed by atoms with Crippen LogP contribution in [0.3, 0.4) is 0 Å². The molecular weight excluding hydrogens is 238 g/mol. The van der Waals surface area contributed by atoms with Crippen LogP contribution in [0.5, 0.6) is 0 Å². The lowest BCUT2D eigenvalue weighted by Gasteiger charge is -2.31. The molecule has 1 fully saturated rings. The van der Waals surface area contributed by atoms with Crippen molar-refractivity contribution in [3.63, 3.8) is 0 Å². The van der Waals surface area contributed by atoms with Crippen molar-refractivity contribution in [3.05, 3.63) is 5.01 Å². The van der Waals surface area contributed by atoms with E-state index in [9.17, 15) is 4.79 Å². The van der Waals surface area contributed by atoms with Gasteiger partial charge in [0.25, 0.3) is 0 Å². The first kappa shape index (κ1) is 12.3. The van der Waals surface area contributed by atoms with Crippen molar-refractivity contribution in [2.75, 3.05) is 25.0 Å². The Morgan fingerprint density at radius 2 is 2.47 bits per heavy atom. The zero-order valence-corrected chi connectivity index (χ0v) is 10.7. The van der Waals surface area contributed by atoms with Crippen LogP contribution in [0.2, 0.25) is 0 Å². The van der Waals surface area contributed by atoms with E-state index in [4.69, 9.17) is 5.73 Å². The van der Waals surface area contributed by atoms with Crippen LogP contribution >= 0.6 is 11.3 Å². The fourth-order valence-electron chi connectivity index (χ4n) is 1.96. The Labute approximate surface area is 104 Å². The zero-order chi connectivity index (χ0) is 12.3. The summed E-state index contributed by atoms with van der Waals surface area (Å²) in [7, 11) is 0. The van der Waals surface area contributed by atoms with Gasteiger partial charge < -0.3 is 10.6 Å². The van der Waals surface area contributed by atoms with E-state index in [0.717, 1.165) is 30.9 Å². The second-order valence-corrected chi connectivity index (χ2v) is 5.43. The Morgan fingerprint density at radius 1 is 1.65 bits per heavy atom. The molecule has 0 spiro atoms. The van der Waals surface area contributed by atoms with Crippen LogP contribution in [0.1, 0.15) is 17.8 Å².